The van der Waals surface area contributed by atoms with Gasteiger partial charge < -0.3 is 31.6 Å². The Morgan fingerprint density at radius 2 is 0.880 bits per heavy atom. The number of carbonyl (C=O) groups is 4. The van der Waals surface area contributed by atoms with E-state index in [4.69, 9.17) is 20.9 Å². The summed E-state index contributed by atoms with van der Waals surface area (Å²) in [5.74, 6) is -5.34. The smallest absolute Gasteiger partial charge is 0.418 e. The zero-order valence-electron chi connectivity index (χ0n) is 29.9. The van der Waals surface area contributed by atoms with Gasteiger partial charge in [-0.1, -0.05) is 24.3 Å². The molecule has 0 fully saturated rings. The lowest BCUT2D eigenvalue weighted by atomic mass is 9.87. The van der Waals surface area contributed by atoms with Crippen molar-refractivity contribution in [3.05, 3.63) is 71.3 Å². The van der Waals surface area contributed by atoms with Crippen LogP contribution in [0.15, 0.2) is 48.5 Å². The maximum atomic E-state index is 14.0. The molecule has 0 bridgehead atoms. The van der Waals surface area contributed by atoms with Crippen molar-refractivity contribution in [1.29, 1.82) is 0 Å². The number of ether oxygens (including phenoxy) is 2. The Labute approximate surface area is 292 Å². The van der Waals surface area contributed by atoms with Crippen LogP contribution in [0.2, 0.25) is 0 Å². The summed E-state index contributed by atoms with van der Waals surface area (Å²) in [6.07, 6.45) is -3.51. The predicted octanol–water partition coefficient (Wildman–Crippen LogP) is -0.107. The van der Waals surface area contributed by atoms with Crippen LogP contribution in [0.25, 0.3) is 0 Å². The molecule has 16 heteroatoms. The molecule has 6 atom stereocenters. The summed E-state index contributed by atoms with van der Waals surface area (Å²) in [6.45, 7) is 3.58. The molecule has 278 valence electrons. The molecule has 0 amide bonds. The van der Waals surface area contributed by atoms with E-state index < -0.39 is 70.8 Å². The number of carbonyl (C=O) groups excluding carboxylic acids is 4. The highest BCUT2D eigenvalue weighted by molar-refractivity contribution is 6.30. The zero-order valence-corrected chi connectivity index (χ0v) is 29.9. The van der Waals surface area contributed by atoms with E-state index >= 15 is 0 Å². The maximum absolute atomic E-state index is 14.0. The number of likely N-dealkylation sites (N-methyl/N-ethyl adjacent to an activating group) is 6. The van der Waals surface area contributed by atoms with E-state index in [-0.39, 0.29) is 36.1 Å². The number of esters is 2. The van der Waals surface area contributed by atoms with Crippen molar-refractivity contribution in [2.24, 2.45) is 11.5 Å². The van der Waals surface area contributed by atoms with E-state index in [0.29, 0.717) is 0 Å². The second-order valence-corrected chi connectivity index (χ2v) is 12.0. The number of nitrogens with two attached hydrogens (primary N) is 2. The number of hydrogen-bond acceptors (Lipinski definition) is 14. The Kier molecular flexibility index (Phi) is 16.1. The Morgan fingerprint density at radius 1 is 0.600 bits per heavy atom. The zero-order chi connectivity index (χ0) is 37.8. The highest BCUT2D eigenvalue weighted by Crippen LogP contribution is 2.33. The third-order valence-electron chi connectivity index (χ3n) is 9.24. The average molecular weight is 707 g/mol. The molecule has 0 saturated heterocycles. The summed E-state index contributed by atoms with van der Waals surface area (Å²) >= 11 is 0. The van der Waals surface area contributed by atoms with Crippen LogP contribution in [0.4, 0.5) is 8.78 Å². The lowest BCUT2D eigenvalue weighted by molar-refractivity contribution is -0.182. The molecule has 2 aromatic carbocycles. The van der Waals surface area contributed by atoms with Crippen LogP contribution < -0.4 is 43.4 Å². The SMILES string of the molecule is CNC(C)C(N)CC(=O)C(NC)(NC)C(OC(=O)C(=O)OC(c1ccc(F)cc1)C(NC)(NC)C(=O)CC(N)C(C)NC)c1ccc(F)cc1. The minimum Gasteiger partial charge on any atom is -0.445 e. The van der Waals surface area contributed by atoms with Crippen molar-refractivity contribution in [2.75, 3.05) is 42.3 Å². The molecule has 6 unspecified atom stereocenters. The number of Topliss-reactive ketones (excluding diaryl/α,β-unsaturated/α-hetero) is 2. The Bertz CT molecular complexity index is 1320. The monoisotopic (exact) mass is 706 g/mol. The lowest BCUT2D eigenvalue weighted by Gasteiger charge is -2.40. The molecule has 0 spiro atoms. The fourth-order valence-corrected chi connectivity index (χ4v) is 5.55. The fourth-order valence-electron chi connectivity index (χ4n) is 5.55. The average Bonchev–Trinajstić information content (AvgIpc) is 3.11. The van der Waals surface area contributed by atoms with E-state index in [1.165, 1.54) is 52.5 Å². The predicted molar refractivity (Wildman–Crippen MR) is 184 cm³/mol. The molecule has 0 radical (unpaired) electrons. The normalized spacial score (nSPS) is 15.7. The molecule has 14 nitrogen and oxygen atoms in total. The number of ketones is 2. The molecule has 0 saturated carbocycles. The molecule has 0 aliphatic heterocycles. The molecule has 0 aromatic heterocycles. The Morgan fingerprint density at radius 3 is 1.12 bits per heavy atom. The van der Waals surface area contributed by atoms with E-state index in [1.807, 2.05) is 0 Å². The van der Waals surface area contributed by atoms with Crippen LogP contribution >= 0.6 is 0 Å². The summed E-state index contributed by atoms with van der Waals surface area (Å²) < 4.78 is 39.5. The van der Waals surface area contributed by atoms with Crippen molar-refractivity contribution in [2.45, 2.75) is 74.4 Å². The van der Waals surface area contributed by atoms with Gasteiger partial charge in [-0.25, -0.2) is 18.4 Å². The second kappa shape index (κ2) is 19.0. The standard InChI is InChI=1S/C34H52F2N8O6/c1-19(39-3)25(37)17-27(45)33(41-5,42-6)29(21-9-13-23(35)14-10-21)49-31(47)32(48)50-30(22-11-15-24(36)16-12-22)34(43-7,44-8)28(46)18-26(38)20(2)40-4/h9-16,19-20,25-26,29-30,39-44H,17-18,37-38H2,1-8H3. The molecule has 2 aromatic rings. The molecular formula is C34H52F2N8O6. The first kappa shape index (κ1) is 42.4. The van der Waals surface area contributed by atoms with Crippen LogP contribution in [0.1, 0.15) is 50.0 Å². The summed E-state index contributed by atoms with van der Waals surface area (Å²) in [6, 6.07) is 7.77. The molecule has 0 heterocycles. The first-order valence-electron chi connectivity index (χ1n) is 16.2. The molecular weight excluding hydrogens is 654 g/mol. The van der Waals surface area contributed by atoms with Gasteiger partial charge in [-0.3, -0.25) is 30.9 Å². The highest BCUT2D eigenvalue weighted by atomic mass is 19.1. The Hall–Kier alpha value is -3.74. The first-order valence-corrected chi connectivity index (χ1v) is 16.2. The Balaban J connectivity index is 2.61. The summed E-state index contributed by atoms with van der Waals surface area (Å²) in [5, 5.41) is 17.4. The van der Waals surface area contributed by atoms with Gasteiger partial charge in [0.15, 0.2) is 35.1 Å². The molecule has 10 N–H and O–H groups in total. The van der Waals surface area contributed by atoms with E-state index in [2.05, 4.69) is 31.9 Å². The summed E-state index contributed by atoms with van der Waals surface area (Å²) in [4.78, 5) is 55.2. The highest BCUT2D eigenvalue weighted by Gasteiger charge is 2.50. The van der Waals surface area contributed by atoms with Gasteiger partial charge >= 0.3 is 11.9 Å². The number of halogens is 2. The van der Waals surface area contributed by atoms with E-state index in [1.54, 1.807) is 27.9 Å². The van der Waals surface area contributed by atoms with Crippen LogP contribution in [0.5, 0.6) is 0 Å². The van der Waals surface area contributed by atoms with Gasteiger partial charge in [0.25, 0.3) is 0 Å². The minimum absolute atomic E-state index is 0.150. The number of nitrogens with one attached hydrogen (secondary N) is 6. The molecule has 0 aliphatic carbocycles. The molecule has 50 heavy (non-hydrogen) atoms. The van der Waals surface area contributed by atoms with E-state index in [9.17, 15) is 28.0 Å². The molecule has 2 rings (SSSR count). The number of hydrogen-bond donors (Lipinski definition) is 8. The van der Waals surface area contributed by atoms with E-state index in [0.717, 1.165) is 24.3 Å². The van der Waals surface area contributed by atoms with Crippen molar-refractivity contribution < 1.29 is 37.4 Å². The van der Waals surface area contributed by atoms with Crippen molar-refractivity contribution in [3.63, 3.8) is 0 Å². The fraction of sp³-hybridized carbons (Fsp3) is 0.529. The summed E-state index contributed by atoms with van der Waals surface area (Å²) in [5.41, 5.74) is 9.12. The van der Waals surface area contributed by atoms with Gasteiger partial charge in [0.1, 0.15) is 11.6 Å². The summed E-state index contributed by atoms with van der Waals surface area (Å²) in [7, 11) is 9.13. The molecule has 0 aliphatic rings. The van der Waals surface area contributed by atoms with Crippen molar-refractivity contribution in [3.8, 4) is 0 Å². The van der Waals surface area contributed by atoms with Crippen molar-refractivity contribution >= 4 is 23.5 Å². The quantitative estimate of drug-likeness (QED) is 0.0514. The van der Waals surface area contributed by atoms with Crippen molar-refractivity contribution in [1.82, 2.24) is 31.9 Å². The third kappa shape index (κ3) is 9.73. The minimum atomic E-state index is -1.86. The van der Waals surface area contributed by atoms with Gasteiger partial charge in [-0.2, -0.15) is 0 Å². The first-order chi connectivity index (χ1) is 23.6. The van der Waals surface area contributed by atoms with Gasteiger partial charge in [-0.05, 0) is 91.5 Å². The van der Waals surface area contributed by atoms with Crippen LogP contribution in [-0.2, 0) is 28.7 Å². The van der Waals surface area contributed by atoms with Crippen LogP contribution in [0, 0.1) is 11.6 Å². The van der Waals surface area contributed by atoms with Gasteiger partial charge in [-0.15, -0.1) is 0 Å². The largest absolute Gasteiger partial charge is 0.445 e. The number of benzene rings is 2. The maximum Gasteiger partial charge on any atom is 0.418 e. The lowest BCUT2D eigenvalue weighted by Crippen LogP contribution is -2.66. The van der Waals surface area contributed by atoms with Crippen LogP contribution in [0.3, 0.4) is 0 Å². The number of rotatable bonds is 20. The van der Waals surface area contributed by atoms with Gasteiger partial charge in [0.05, 0.1) is 0 Å². The van der Waals surface area contributed by atoms with Crippen LogP contribution in [-0.4, -0.2) is 101 Å². The second-order valence-electron chi connectivity index (χ2n) is 12.0. The third-order valence-corrected chi connectivity index (χ3v) is 9.24. The van der Waals surface area contributed by atoms with Gasteiger partial charge in [0, 0.05) is 37.0 Å². The van der Waals surface area contributed by atoms with Gasteiger partial charge in [0.2, 0.25) is 0 Å². The topological polar surface area (TPSA) is 211 Å².